The highest BCUT2D eigenvalue weighted by Gasteiger charge is 2.31. The van der Waals surface area contributed by atoms with Gasteiger partial charge in [0, 0.05) is 5.69 Å². The maximum Gasteiger partial charge on any atom is 0.336 e. The molecule has 0 aliphatic carbocycles. The van der Waals surface area contributed by atoms with Crippen LogP contribution in [0.4, 0.5) is 5.69 Å². The normalized spacial score (nSPS) is 12.6. The van der Waals surface area contributed by atoms with Crippen LogP contribution in [0.15, 0.2) is 77.7 Å². The lowest BCUT2D eigenvalue weighted by Gasteiger charge is -2.23. The fourth-order valence-electron chi connectivity index (χ4n) is 2.99. The molecule has 3 aromatic carbocycles. The summed E-state index contributed by atoms with van der Waals surface area (Å²) in [5.41, 5.74) is 8.48. The fraction of sp³-hybridized carbons (Fsp3) is 0.208. The molecule has 0 saturated carbocycles. The van der Waals surface area contributed by atoms with Gasteiger partial charge in [-0.05, 0) is 35.4 Å². The van der Waals surface area contributed by atoms with Gasteiger partial charge in [0.1, 0.15) is 18.1 Å². The van der Waals surface area contributed by atoms with Gasteiger partial charge in [-0.15, -0.1) is 11.8 Å². The second-order valence-electron chi connectivity index (χ2n) is 6.73. The van der Waals surface area contributed by atoms with Crippen molar-refractivity contribution in [2.75, 3.05) is 20.0 Å². The van der Waals surface area contributed by atoms with Gasteiger partial charge in [0.15, 0.2) is 6.10 Å². The molecule has 6 nitrogen and oxygen atoms in total. The molecule has 0 aromatic heterocycles. The Morgan fingerprint density at radius 2 is 1.71 bits per heavy atom. The van der Waals surface area contributed by atoms with E-state index in [9.17, 15) is 9.90 Å². The first-order valence-corrected chi connectivity index (χ1v) is 10.5. The van der Waals surface area contributed by atoms with Gasteiger partial charge >= 0.3 is 5.97 Å². The summed E-state index contributed by atoms with van der Waals surface area (Å²) < 4.78 is 16.0. The molecular weight excluding hydrogens is 414 g/mol. The van der Waals surface area contributed by atoms with E-state index in [1.54, 1.807) is 43.5 Å². The van der Waals surface area contributed by atoms with Gasteiger partial charge in [0.05, 0.1) is 24.4 Å². The molecule has 0 saturated heterocycles. The van der Waals surface area contributed by atoms with E-state index < -0.39 is 17.3 Å². The molecule has 2 atom stereocenters. The third kappa shape index (κ3) is 5.71. The number of aliphatic hydroxyl groups is 1. The third-order valence-electron chi connectivity index (χ3n) is 4.67. The molecule has 0 amide bonds. The van der Waals surface area contributed by atoms with E-state index in [4.69, 9.17) is 19.9 Å². The molecule has 0 aliphatic rings. The van der Waals surface area contributed by atoms with Gasteiger partial charge in [-0.2, -0.15) is 0 Å². The lowest BCUT2D eigenvalue weighted by Crippen LogP contribution is -2.27. The SMILES string of the molecule is COC(=O)[C@H](O)[C@@H](Sc1c(N)cccc1OCc1ccccc1)c1ccc(OC)cc1. The van der Waals surface area contributed by atoms with E-state index in [1.807, 2.05) is 36.4 Å². The number of ether oxygens (including phenoxy) is 3. The Morgan fingerprint density at radius 1 is 1.00 bits per heavy atom. The first-order valence-electron chi connectivity index (χ1n) is 9.65. The van der Waals surface area contributed by atoms with Crippen LogP contribution < -0.4 is 15.2 Å². The summed E-state index contributed by atoms with van der Waals surface area (Å²) >= 11 is 1.25. The quantitative estimate of drug-likeness (QED) is 0.293. The highest BCUT2D eigenvalue weighted by molar-refractivity contribution is 7.99. The van der Waals surface area contributed by atoms with Crippen molar-refractivity contribution in [2.24, 2.45) is 0 Å². The van der Waals surface area contributed by atoms with Crippen LogP contribution >= 0.6 is 11.8 Å². The average molecular weight is 440 g/mol. The lowest BCUT2D eigenvalue weighted by molar-refractivity contribution is -0.150. The number of nitrogens with two attached hydrogens (primary N) is 1. The van der Waals surface area contributed by atoms with Crippen LogP contribution in [0, 0.1) is 0 Å². The fourth-order valence-corrected chi connectivity index (χ4v) is 4.22. The van der Waals surface area contributed by atoms with Crippen LogP contribution in [-0.2, 0) is 16.1 Å². The second kappa shape index (κ2) is 10.7. The van der Waals surface area contributed by atoms with Crippen LogP contribution in [0.1, 0.15) is 16.4 Å². The second-order valence-corrected chi connectivity index (χ2v) is 7.88. The number of methoxy groups -OCH3 is 2. The number of rotatable bonds is 9. The Morgan fingerprint density at radius 3 is 2.35 bits per heavy atom. The molecule has 162 valence electrons. The summed E-state index contributed by atoms with van der Waals surface area (Å²) in [5, 5.41) is 10.0. The molecule has 3 aromatic rings. The number of hydrogen-bond acceptors (Lipinski definition) is 7. The van der Waals surface area contributed by atoms with Crippen molar-refractivity contribution in [3.05, 3.63) is 83.9 Å². The smallest absolute Gasteiger partial charge is 0.336 e. The Kier molecular flexibility index (Phi) is 7.81. The number of carbonyl (C=O) groups excluding carboxylic acids is 1. The number of thioether (sulfide) groups is 1. The molecule has 0 unspecified atom stereocenters. The molecule has 0 aliphatic heterocycles. The van der Waals surface area contributed by atoms with Crippen molar-refractivity contribution >= 4 is 23.4 Å². The zero-order chi connectivity index (χ0) is 22.2. The summed E-state index contributed by atoms with van der Waals surface area (Å²) in [6, 6.07) is 22.3. The molecule has 0 fully saturated rings. The van der Waals surface area contributed by atoms with Crippen LogP contribution in [-0.4, -0.2) is 31.4 Å². The highest BCUT2D eigenvalue weighted by Crippen LogP contribution is 2.45. The number of hydrogen-bond donors (Lipinski definition) is 2. The number of nitrogen functional groups attached to an aromatic ring is 1. The summed E-state index contributed by atoms with van der Waals surface area (Å²) in [7, 11) is 2.82. The molecule has 3 rings (SSSR count). The molecule has 31 heavy (non-hydrogen) atoms. The first kappa shape index (κ1) is 22.5. The van der Waals surface area contributed by atoms with Crippen LogP contribution in [0.3, 0.4) is 0 Å². The maximum absolute atomic E-state index is 12.1. The predicted molar refractivity (Wildman–Crippen MR) is 121 cm³/mol. The van der Waals surface area contributed by atoms with E-state index >= 15 is 0 Å². The Balaban J connectivity index is 1.91. The minimum atomic E-state index is -1.40. The predicted octanol–water partition coefficient (Wildman–Crippen LogP) is 4.22. The monoisotopic (exact) mass is 439 g/mol. The maximum atomic E-state index is 12.1. The Hall–Kier alpha value is -3.16. The number of benzene rings is 3. The van der Waals surface area contributed by atoms with Crippen LogP contribution in [0.25, 0.3) is 0 Å². The van der Waals surface area contributed by atoms with Crippen molar-refractivity contribution in [1.82, 2.24) is 0 Å². The standard InChI is InChI=1S/C24H25NO5S/c1-28-18-13-11-17(12-14-18)22(21(26)24(27)29-2)31-23-19(25)9-6-10-20(23)30-15-16-7-4-3-5-8-16/h3-14,21-22,26H,15,25H2,1-2H3/t21-,22+/m1/s1. The third-order valence-corrected chi connectivity index (χ3v) is 6.12. The zero-order valence-corrected chi connectivity index (χ0v) is 18.2. The van der Waals surface area contributed by atoms with Crippen molar-refractivity contribution < 1.29 is 24.1 Å². The number of anilines is 1. The van der Waals surface area contributed by atoms with Gasteiger partial charge in [-0.1, -0.05) is 48.5 Å². The zero-order valence-electron chi connectivity index (χ0n) is 17.4. The van der Waals surface area contributed by atoms with Crippen LogP contribution in [0.2, 0.25) is 0 Å². The lowest BCUT2D eigenvalue weighted by atomic mass is 10.1. The first-order chi connectivity index (χ1) is 15.0. The van der Waals surface area contributed by atoms with E-state index in [0.717, 1.165) is 11.1 Å². The van der Waals surface area contributed by atoms with Crippen molar-refractivity contribution in [2.45, 2.75) is 22.9 Å². The van der Waals surface area contributed by atoms with Crippen molar-refractivity contribution in [1.29, 1.82) is 0 Å². The van der Waals surface area contributed by atoms with E-state index in [2.05, 4.69) is 0 Å². The molecule has 0 heterocycles. The van der Waals surface area contributed by atoms with E-state index in [-0.39, 0.29) is 0 Å². The molecule has 0 bridgehead atoms. The highest BCUT2D eigenvalue weighted by atomic mass is 32.2. The number of esters is 1. The minimum absolute atomic E-state index is 0.366. The topological polar surface area (TPSA) is 91.0 Å². The van der Waals surface area contributed by atoms with Gasteiger partial charge < -0.3 is 25.1 Å². The largest absolute Gasteiger partial charge is 0.497 e. The minimum Gasteiger partial charge on any atom is -0.497 e. The molecule has 0 spiro atoms. The summed E-state index contributed by atoms with van der Waals surface area (Å²) in [6.07, 6.45) is -1.40. The van der Waals surface area contributed by atoms with Gasteiger partial charge in [-0.25, -0.2) is 4.79 Å². The number of aliphatic hydroxyl groups excluding tert-OH is 1. The van der Waals surface area contributed by atoms with Gasteiger partial charge in [0.25, 0.3) is 0 Å². The summed E-state index contributed by atoms with van der Waals surface area (Å²) in [5.74, 6) is 0.519. The Bertz CT molecular complexity index is 995. The van der Waals surface area contributed by atoms with Crippen molar-refractivity contribution in [3.8, 4) is 11.5 Å². The Labute approximate surface area is 185 Å². The molecule has 3 N–H and O–H groups in total. The van der Waals surface area contributed by atoms with E-state index in [0.29, 0.717) is 28.7 Å². The summed E-state index contributed by atoms with van der Waals surface area (Å²) in [4.78, 5) is 12.8. The van der Waals surface area contributed by atoms with E-state index in [1.165, 1.54) is 18.9 Å². The van der Waals surface area contributed by atoms with Gasteiger partial charge in [0.2, 0.25) is 0 Å². The van der Waals surface area contributed by atoms with Crippen molar-refractivity contribution in [3.63, 3.8) is 0 Å². The van der Waals surface area contributed by atoms with Gasteiger partial charge in [-0.3, -0.25) is 0 Å². The molecular formula is C24H25NO5S. The number of carbonyl (C=O) groups is 1. The molecule has 7 heteroatoms. The average Bonchev–Trinajstić information content (AvgIpc) is 2.82. The molecule has 0 radical (unpaired) electrons. The van der Waals surface area contributed by atoms with Crippen LogP contribution in [0.5, 0.6) is 11.5 Å². The summed E-state index contributed by atoms with van der Waals surface area (Å²) in [6.45, 7) is 0.366.